The lowest BCUT2D eigenvalue weighted by Gasteiger charge is -2.29. The van der Waals surface area contributed by atoms with Gasteiger partial charge in [0.15, 0.2) is 0 Å². The highest BCUT2D eigenvalue weighted by atomic mass is 16.2. The fourth-order valence-electron chi connectivity index (χ4n) is 1.64. The third kappa shape index (κ3) is 4.37. The third-order valence-corrected chi connectivity index (χ3v) is 2.34. The van der Waals surface area contributed by atoms with Crippen LogP contribution in [0, 0.1) is 0 Å². The van der Waals surface area contributed by atoms with E-state index in [1.165, 1.54) is 0 Å². The van der Waals surface area contributed by atoms with Gasteiger partial charge in [-0.1, -0.05) is 0 Å². The molecule has 0 aliphatic carbocycles. The summed E-state index contributed by atoms with van der Waals surface area (Å²) in [5.41, 5.74) is 10.0. The van der Waals surface area contributed by atoms with Crippen LogP contribution in [-0.4, -0.2) is 61.4 Å². The van der Waals surface area contributed by atoms with Crippen LogP contribution in [0.3, 0.4) is 0 Å². The lowest BCUT2D eigenvalue weighted by Crippen LogP contribution is -2.58. The summed E-state index contributed by atoms with van der Waals surface area (Å²) in [7, 11) is 0. The summed E-state index contributed by atoms with van der Waals surface area (Å²) >= 11 is 0. The third-order valence-electron chi connectivity index (χ3n) is 2.34. The first-order valence-corrected chi connectivity index (χ1v) is 5.30. The molecule has 3 amide bonds. The van der Waals surface area contributed by atoms with Crippen molar-refractivity contribution in [2.24, 2.45) is 11.5 Å². The molecular formula is C9H17N5O3. The van der Waals surface area contributed by atoms with Crippen molar-refractivity contribution in [2.75, 3.05) is 32.7 Å². The lowest BCUT2D eigenvalue weighted by molar-refractivity contribution is -0.139. The van der Waals surface area contributed by atoms with E-state index >= 15 is 0 Å². The number of rotatable bonds is 5. The number of nitrogens with two attached hydrogens (primary N) is 2. The van der Waals surface area contributed by atoms with Crippen LogP contribution < -0.4 is 22.1 Å². The molecule has 0 aromatic carbocycles. The zero-order valence-corrected chi connectivity index (χ0v) is 9.44. The Kier molecular flexibility index (Phi) is 4.85. The highest BCUT2D eigenvalue weighted by Crippen LogP contribution is 1.97. The van der Waals surface area contributed by atoms with E-state index in [1.54, 1.807) is 0 Å². The molecule has 1 atom stereocenters. The van der Waals surface area contributed by atoms with E-state index < -0.39 is 17.9 Å². The van der Waals surface area contributed by atoms with Gasteiger partial charge in [-0.2, -0.15) is 0 Å². The van der Waals surface area contributed by atoms with Gasteiger partial charge in [-0.25, -0.2) is 0 Å². The van der Waals surface area contributed by atoms with Gasteiger partial charge in [-0.05, 0) is 0 Å². The molecule has 17 heavy (non-hydrogen) atoms. The van der Waals surface area contributed by atoms with E-state index in [9.17, 15) is 14.4 Å². The van der Waals surface area contributed by atoms with E-state index in [2.05, 4.69) is 10.6 Å². The van der Waals surface area contributed by atoms with Gasteiger partial charge in [-0.15, -0.1) is 0 Å². The zero-order valence-electron chi connectivity index (χ0n) is 9.44. The molecule has 8 nitrogen and oxygen atoms in total. The molecule has 1 heterocycles. The first-order valence-electron chi connectivity index (χ1n) is 5.30. The average Bonchev–Trinajstić information content (AvgIpc) is 2.27. The molecule has 1 fully saturated rings. The summed E-state index contributed by atoms with van der Waals surface area (Å²) in [4.78, 5) is 34.7. The molecule has 96 valence electrons. The largest absolute Gasteiger partial charge is 0.368 e. The van der Waals surface area contributed by atoms with Gasteiger partial charge in [0.05, 0.1) is 19.1 Å². The lowest BCUT2D eigenvalue weighted by atomic mass is 10.2. The average molecular weight is 243 g/mol. The molecular weight excluding hydrogens is 226 g/mol. The fraction of sp³-hybridized carbons (Fsp3) is 0.667. The molecule has 6 N–H and O–H groups in total. The molecule has 8 heteroatoms. The van der Waals surface area contributed by atoms with Gasteiger partial charge >= 0.3 is 0 Å². The Hall–Kier alpha value is -1.67. The molecule has 1 aliphatic heterocycles. The Morgan fingerprint density at radius 1 is 1.12 bits per heavy atom. The van der Waals surface area contributed by atoms with Crippen LogP contribution >= 0.6 is 0 Å². The number of hydrogen-bond acceptors (Lipinski definition) is 5. The topological polar surface area (TPSA) is 131 Å². The number of amides is 3. The molecule has 0 spiro atoms. The summed E-state index contributed by atoms with van der Waals surface area (Å²) in [5.74, 6) is -1.71. The highest BCUT2D eigenvalue weighted by molar-refractivity contribution is 5.90. The molecule has 0 radical (unpaired) electrons. The zero-order chi connectivity index (χ0) is 12.8. The minimum absolute atomic E-state index is 0.306. The van der Waals surface area contributed by atoms with Crippen molar-refractivity contribution in [1.29, 1.82) is 0 Å². The molecule has 0 aromatic heterocycles. The van der Waals surface area contributed by atoms with Gasteiger partial charge < -0.3 is 27.0 Å². The van der Waals surface area contributed by atoms with Gasteiger partial charge in [0.25, 0.3) is 0 Å². The van der Waals surface area contributed by atoms with Crippen LogP contribution in [0.5, 0.6) is 0 Å². The Labute approximate surface area is 98.7 Å². The van der Waals surface area contributed by atoms with Crippen molar-refractivity contribution in [2.45, 2.75) is 6.04 Å². The molecule has 0 bridgehead atoms. The highest BCUT2D eigenvalue weighted by Gasteiger charge is 2.27. The second kappa shape index (κ2) is 6.16. The molecule has 1 unspecified atom stereocenters. The molecule has 1 rings (SSSR count). The van der Waals surface area contributed by atoms with Crippen molar-refractivity contribution in [3.63, 3.8) is 0 Å². The first-order chi connectivity index (χ1) is 8.00. The number of nitrogens with zero attached hydrogens (tertiary/aromatic N) is 1. The normalized spacial score (nSPS) is 19.6. The van der Waals surface area contributed by atoms with Crippen LogP contribution in [0.1, 0.15) is 0 Å². The van der Waals surface area contributed by atoms with Gasteiger partial charge in [0, 0.05) is 19.6 Å². The molecule has 1 saturated heterocycles. The summed E-state index contributed by atoms with van der Waals surface area (Å²) in [6.45, 7) is 1.26. The maximum atomic E-state index is 12.0. The van der Waals surface area contributed by atoms with Crippen molar-refractivity contribution in [3.8, 4) is 0 Å². The van der Waals surface area contributed by atoms with E-state index in [0.717, 1.165) is 11.4 Å². The number of piperazine rings is 1. The van der Waals surface area contributed by atoms with Gasteiger partial charge in [-0.3, -0.25) is 14.4 Å². The minimum atomic E-state index is -0.677. The molecule has 0 saturated carbocycles. The van der Waals surface area contributed by atoms with Crippen LogP contribution in [0.2, 0.25) is 0 Å². The number of carbonyl (C=O) groups is 3. The quantitative estimate of drug-likeness (QED) is 0.395. The van der Waals surface area contributed by atoms with E-state index in [1.807, 2.05) is 0 Å². The predicted molar refractivity (Wildman–Crippen MR) is 59.6 cm³/mol. The van der Waals surface area contributed by atoms with Crippen molar-refractivity contribution >= 4 is 17.7 Å². The summed E-state index contributed by atoms with van der Waals surface area (Å²) < 4.78 is 0. The van der Waals surface area contributed by atoms with Gasteiger partial charge in [0.1, 0.15) is 0 Å². The van der Waals surface area contributed by atoms with Crippen molar-refractivity contribution < 1.29 is 14.4 Å². The first kappa shape index (κ1) is 13.4. The van der Waals surface area contributed by atoms with Crippen LogP contribution in [0.4, 0.5) is 0 Å². The SMILES string of the molecule is NC(=O)CN(CC(N)=O)C(=O)C1CNCCN1. The summed E-state index contributed by atoms with van der Waals surface area (Å²) in [6.07, 6.45) is 0. The Bertz CT molecular complexity index is 298. The number of nitrogens with one attached hydrogen (secondary N) is 2. The number of primary amides is 2. The van der Waals surface area contributed by atoms with Crippen LogP contribution in [-0.2, 0) is 14.4 Å². The van der Waals surface area contributed by atoms with Crippen molar-refractivity contribution in [3.05, 3.63) is 0 Å². The standard InChI is InChI=1S/C9H17N5O3/c10-7(15)4-14(5-8(11)16)9(17)6-3-12-1-2-13-6/h6,12-13H,1-5H2,(H2,10,15)(H2,11,16). The predicted octanol–water partition coefficient (Wildman–Crippen LogP) is -3.65. The second-order valence-electron chi connectivity index (χ2n) is 3.84. The van der Waals surface area contributed by atoms with Crippen LogP contribution in [0.15, 0.2) is 0 Å². The molecule has 1 aliphatic rings. The monoisotopic (exact) mass is 243 g/mol. The van der Waals surface area contributed by atoms with E-state index in [4.69, 9.17) is 11.5 Å². The Morgan fingerprint density at radius 3 is 2.12 bits per heavy atom. The maximum Gasteiger partial charge on any atom is 0.241 e. The smallest absolute Gasteiger partial charge is 0.241 e. The number of carbonyl (C=O) groups excluding carboxylic acids is 3. The van der Waals surface area contributed by atoms with E-state index in [-0.39, 0.29) is 19.0 Å². The number of hydrogen-bond donors (Lipinski definition) is 4. The summed E-state index contributed by atoms with van der Waals surface area (Å²) in [6, 6.07) is -0.456. The Balaban J connectivity index is 2.63. The second-order valence-corrected chi connectivity index (χ2v) is 3.84. The van der Waals surface area contributed by atoms with Crippen LogP contribution in [0.25, 0.3) is 0 Å². The Morgan fingerprint density at radius 2 is 1.71 bits per heavy atom. The van der Waals surface area contributed by atoms with Crippen molar-refractivity contribution in [1.82, 2.24) is 15.5 Å². The fourth-order valence-corrected chi connectivity index (χ4v) is 1.64. The van der Waals surface area contributed by atoms with Gasteiger partial charge in [0.2, 0.25) is 17.7 Å². The van der Waals surface area contributed by atoms with E-state index in [0.29, 0.717) is 13.1 Å². The molecule has 0 aromatic rings. The maximum absolute atomic E-state index is 12.0. The summed E-state index contributed by atoms with van der Waals surface area (Å²) in [5, 5.41) is 6.02. The minimum Gasteiger partial charge on any atom is -0.368 e.